The molecular weight excluding hydrogens is 474 g/mol. The number of hydrogen-bond acceptors (Lipinski definition) is 6. The lowest BCUT2D eigenvalue weighted by Gasteiger charge is -2.31. The number of amides is 1. The summed E-state index contributed by atoms with van der Waals surface area (Å²) in [5.74, 6) is -0.422. The van der Waals surface area contributed by atoms with Crippen molar-refractivity contribution in [1.29, 1.82) is 0 Å². The third-order valence-electron chi connectivity index (χ3n) is 6.07. The molecule has 0 aliphatic carbocycles. The molecule has 2 heterocycles. The number of sulfonamides is 1. The van der Waals surface area contributed by atoms with Crippen LogP contribution in [0.3, 0.4) is 0 Å². The van der Waals surface area contributed by atoms with Gasteiger partial charge >= 0.3 is 0 Å². The van der Waals surface area contributed by atoms with Gasteiger partial charge in [-0.3, -0.25) is 14.9 Å². The van der Waals surface area contributed by atoms with Gasteiger partial charge in [0.25, 0.3) is 5.69 Å². The number of non-ortho nitro benzene ring substituents is 1. The zero-order chi connectivity index (χ0) is 24.3. The third kappa shape index (κ3) is 5.03. The Kier molecular flexibility index (Phi) is 7.11. The van der Waals surface area contributed by atoms with Gasteiger partial charge in [-0.1, -0.05) is 42.5 Å². The molecule has 1 fully saturated rings. The summed E-state index contributed by atoms with van der Waals surface area (Å²) in [6.45, 7) is 1.97. The fourth-order valence-corrected chi connectivity index (χ4v) is 6.67. The summed E-state index contributed by atoms with van der Waals surface area (Å²) in [6.07, 6.45) is 0.760. The lowest BCUT2D eigenvalue weighted by molar-refractivity contribution is -0.385. The molecule has 1 aliphatic rings. The first-order valence-corrected chi connectivity index (χ1v) is 13.2. The van der Waals surface area contributed by atoms with Crippen LogP contribution in [0.4, 0.5) is 5.69 Å². The molecule has 178 valence electrons. The van der Waals surface area contributed by atoms with E-state index >= 15 is 0 Å². The van der Waals surface area contributed by atoms with Gasteiger partial charge < -0.3 is 5.32 Å². The molecule has 1 saturated heterocycles. The molecule has 1 atom stereocenters. The van der Waals surface area contributed by atoms with E-state index in [-0.39, 0.29) is 41.5 Å². The van der Waals surface area contributed by atoms with Crippen LogP contribution in [0.25, 0.3) is 0 Å². The summed E-state index contributed by atoms with van der Waals surface area (Å²) in [7, 11) is -3.90. The fourth-order valence-electron chi connectivity index (χ4n) is 4.16. The van der Waals surface area contributed by atoms with E-state index in [0.29, 0.717) is 18.4 Å². The van der Waals surface area contributed by atoms with Crippen molar-refractivity contribution in [3.8, 4) is 0 Å². The Morgan fingerprint density at radius 2 is 1.82 bits per heavy atom. The van der Waals surface area contributed by atoms with E-state index in [1.165, 1.54) is 16.4 Å². The summed E-state index contributed by atoms with van der Waals surface area (Å²) in [5.41, 5.74) is 1.17. The van der Waals surface area contributed by atoms with Crippen LogP contribution in [0.5, 0.6) is 0 Å². The zero-order valence-corrected chi connectivity index (χ0v) is 20.2. The second-order valence-corrected chi connectivity index (χ2v) is 11.1. The molecule has 1 amide bonds. The van der Waals surface area contributed by atoms with E-state index < -0.39 is 14.9 Å². The minimum atomic E-state index is -3.90. The number of aryl methyl sites for hydroxylation is 1. The highest BCUT2D eigenvalue weighted by molar-refractivity contribution is 7.89. The smallest absolute Gasteiger partial charge is 0.270 e. The molecule has 1 N–H and O–H groups in total. The molecule has 0 radical (unpaired) electrons. The van der Waals surface area contributed by atoms with Crippen LogP contribution in [0, 0.1) is 23.0 Å². The highest BCUT2D eigenvalue weighted by Crippen LogP contribution is 2.30. The van der Waals surface area contributed by atoms with Crippen molar-refractivity contribution < 1.29 is 18.1 Å². The van der Waals surface area contributed by atoms with Crippen LogP contribution < -0.4 is 5.32 Å². The van der Waals surface area contributed by atoms with Gasteiger partial charge in [0.15, 0.2) is 0 Å². The Morgan fingerprint density at radius 3 is 2.44 bits per heavy atom. The summed E-state index contributed by atoms with van der Waals surface area (Å²) in [4.78, 5) is 24.6. The molecule has 4 rings (SSSR count). The first kappa shape index (κ1) is 24.1. The van der Waals surface area contributed by atoms with Crippen molar-refractivity contribution >= 4 is 33.0 Å². The molecule has 0 bridgehead atoms. The minimum absolute atomic E-state index is 0.0635. The Hall–Kier alpha value is -3.08. The van der Waals surface area contributed by atoms with Crippen LogP contribution in [0.2, 0.25) is 0 Å². The van der Waals surface area contributed by atoms with E-state index in [9.17, 15) is 23.3 Å². The average Bonchev–Trinajstić information content (AvgIpc) is 3.37. The average molecular weight is 500 g/mol. The second-order valence-electron chi connectivity index (χ2n) is 8.25. The molecule has 0 saturated carbocycles. The molecule has 0 unspecified atom stereocenters. The van der Waals surface area contributed by atoms with Gasteiger partial charge in [0.1, 0.15) is 0 Å². The molecule has 34 heavy (non-hydrogen) atoms. The largest absolute Gasteiger partial charge is 0.344 e. The fraction of sp³-hybridized carbons (Fsp3) is 0.292. The number of thiophene rings is 1. The van der Waals surface area contributed by atoms with Crippen molar-refractivity contribution in [1.82, 2.24) is 9.62 Å². The SMILES string of the molecule is Cc1ccc([N+](=O)[O-])cc1S(=O)(=O)N1CCC(C(=O)N[C@H](c2ccccc2)c2cccs2)CC1. The quantitative estimate of drug-likeness (QED) is 0.386. The van der Waals surface area contributed by atoms with Crippen molar-refractivity contribution in [3.05, 3.63) is 92.2 Å². The van der Waals surface area contributed by atoms with Gasteiger partial charge in [-0.15, -0.1) is 11.3 Å². The van der Waals surface area contributed by atoms with Gasteiger partial charge in [-0.2, -0.15) is 4.31 Å². The van der Waals surface area contributed by atoms with E-state index in [1.807, 2.05) is 47.8 Å². The number of rotatable bonds is 7. The number of nitrogens with zero attached hydrogens (tertiary/aromatic N) is 2. The van der Waals surface area contributed by atoms with Crippen LogP contribution in [0.15, 0.2) is 70.9 Å². The van der Waals surface area contributed by atoms with Crippen LogP contribution in [-0.2, 0) is 14.8 Å². The Bertz CT molecular complexity index is 1270. The molecule has 3 aromatic rings. The second kappa shape index (κ2) is 10.0. The van der Waals surface area contributed by atoms with Gasteiger partial charge in [0.05, 0.1) is 15.9 Å². The molecule has 2 aromatic carbocycles. The van der Waals surface area contributed by atoms with E-state index in [4.69, 9.17) is 0 Å². The normalized spacial score (nSPS) is 16.1. The topological polar surface area (TPSA) is 110 Å². The number of nitro groups is 1. The predicted molar refractivity (Wildman–Crippen MR) is 130 cm³/mol. The minimum Gasteiger partial charge on any atom is -0.344 e. The van der Waals surface area contributed by atoms with Crippen molar-refractivity contribution in [2.24, 2.45) is 5.92 Å². The van der Waals surface area contributed by atoms with E-state index in [0.717, 1.165) is 16.5 Å². The summed E-state index contributed by atoms with van der Waals surface area (Å²) in [6, 6.07) is 17.3. The number of nitro benzene ring substituents is 1. The van der Waals surface area contributed by atoms with Gasteiger partial charge in [0.2, 0.25) is 15.9 Å². The Labute approximate surface area is 202 Å². The lowest BCUT2D eigenvalue weighted by atomic mass is 9.96. The van der Waals surface area contributed by atoms with Crippen LogP contribution in [0.1, 0.15) is 34.9 Å². The molecule has 1 aliphatic heterocycles. The molecule has 0 spiro atoms. The van der Waals surface area contributed by atoms with Crippen molar-refractivity contribution in [3.63, 3.8) is 0 Å². The first-order chi connectivity index (χ1) is 16.3. The van der Waals surface area contributed by atoms with E-state index in [1.54, 1.807) is 18.3 Å². The molecule has 1 aromatic heterocycles. The number of piperidine rings is 1. The van der Waals surface area contributed by atoms with Crippen LogP contribution >= 0.6 is 11.3 Å². The highest BCUT2D eigenvalue weighted by atomic mass is 32.2. The summed E-state index contributed by atoms with van der Waals surface area (Å²) >= 11 is 1.57. The number of benzene rings is 2. The maximum atomic E-state index is 13.2. The summed E-state index contributed by atoms with van der Waals surface area (Å²) < 4.78 is 27.7. The zero-order valence-electron chi connectivity index (χ0n) is 18.6. The lowest BCUT2D eigenvalue weighted by Crippen LogP contribution is -2.43. The maximum absolute atomic E-state index is 13.2. The standard InChI is InChI=1S/C24H25N3O5S2/c1-17-9-10-20(27(29)30)16-22(17)34(31,32)26-13-11-19(12-14-26)24(28)25-23(21-8-5-15-33-21)18-6-3-2-4-7-18/h2-10,15-16,19,23H,11-14H2,1H3,(H,25,28)/t23-/m1/s1. The maximum Gasteiger partial charge on any atom is 0.270 e. The first-order valence-electron chi connectivity index (χ1n) is 10.9. The molecular formula is C24H25N3O5S2. The number of hydrogen-bond donors (Lipinski definition) is 1. The molecule has 8 nitrogen and oxygen atoms in total. The van der Waals surface area contributed by atoms with Crippen molar-refractivity contribution in [2.45, 2.75) is 30.7 Å². The number of carbonyl (C=O) groups is 1. The van der Waals surface area contributed by atoms with Crippen molar-refractivity contribution in [2.75, 3.05) is 13.1 Å². The number of nitrogens with one attached hydrogen (secondary N) is 1. The third-order valence-corrected chi connectivity index (χ3v) is 9.05. The van der Waals surface area contributed by atoms with Gasteiger partial charge in [0, 0.05) is 36.0 Å². The van der Waals surface area contributed by atoms with Gasteiger partial charge in [-0.05, 0) is 42.3 Å². The predicted octanol–water partition coefficient (Wildman–Crippen LogP) is 4.27. The van der Waals surface area contributed by atoms with E-state index in [2.05, 4.69) is 5.32 Å². The number of carbonyl (C=O) groups excluding carboxylic acids is 1. The highest BCUT2D eigenvalue weighted by Gasteiger charge is 2.34. The Balaban J connectivity index is 1.46. The van der Waals surface area contributed by atoms with Crippen LogP contribution in [-0.4, -0.2) is 36.6 Å². The summed E-state index contributed by atoms with van der Waals surface area (Å²) in [5, 5.41) is 16.2. The Morgan fingerprint density at radius 1 is 1.12 bits per heavy atom. The van der Waals surface area contributed by atoms with Gasteiger partial charge in [-0.25, -0.2) is 8.42 Å². The molecule has 10 heteroatoms. The monoisotopic (exact) mass is 499 g/mol.